The smallest absolute Gasteiger partial charge is 0.327 e. The molecule has 2 aliphatic rings. The zero-order valence-corrected chi connectivity index (χ0v) is 8.59. The lowest BCUT2D eigenvalue weighted by atomic mass is 9.87. The molecule has 0 amide bonds. The van der Waals surface area contributed by atoms with Crippen molar-refractivity contribution >= 4 is 0 Å². The highest BCUT2D eigenvalue weighted by Gasteiger charge is 2.43. The fourth-order valence-corrected chi connectivity index (χ4v) is 3.13. The van der Waals surface area contributed by atoms with Gasteiger partial charge in [-0.25, -0.2) is 0 Å². The molecule has 0 heterocycles. The molecule has 3 rings (SSSR count). The van der Waals surface area contributed by atoms with Gasteiger partial charge < -0.3 is 5.73 Å². The number of benzene rings is 1. The summed E-state index contributed by atoms with van der Waals surface area (Å²) in [5, 5.41) is 0. The number of hydrogen-bond acceptors (Lipinski definition) is 1. The topological polar surface area (TPSA) is 26.0 Å². The third-order valence-corrected chi connectivity index (χ3v) is 3.87. The van der Waals surface area contributed by atoms with Crippen molar-refractivity contribution in [2.24, 2.45) is 5.73 Å². The lowest BCUT2D eigenvalue weighted by molar-refractivity contribution is -0.137. The van der Waals surface area contributed by atoms with Crippen molar-refractivity contribution in [1.82, 2.24) is 0 Å². The van der Waals surface area contributed by atoms with Crippen molar-refractivity contribution in [1.29, 1.82) is 0 Å². The van der Waals surface area contributed by atoms with Gasteiger partial charge in [-0.2, -0.15) is 13.2 Å². The Morgan fingerprint density at radius 2 is 1.88 bits per heavy atom. The van der Waals surface area contributed by atoms with Crippen LogP contribution < -0.4 is 5.73 Å². The second kappa shape index (κ2) is 3.00. The Labute approximate surface area is 91.4 Å². The summed E-state index contributed by atoms with van der Waals surface area (Å²) in [5.41, 5.74) is 7.28. The lowest BCUT2D eigenvalue weighted by Gasteiger charge is -2.22. The third-order valence-electron chi connectivity index (χ3n) is 3.87. The predicted octanol–water partition coefficient (Wildman–Crippen LogP) is 3.01. The average molecular weight is 227 g/mol. The van der Waals surface area contributed by atoms with Crippen LogP contribution in [0.5, 0.6) is 0 Å². The number of fused-ring (bicyclic) bond motifs is 5. The van der Waals surface area contributed by atoms with Crippen molar-refractivity contribution in [3.63, 3.8) is 0 Å². The third kappa shape index (κ3) is 1.29. The molecule has 2 N–H and O–H groups in total. The molecule has 1 aromatic rings. The molecular weight excluding hydrogens is 215 g/mol. The Hall–Kier alpha value is -1.03. The van der Waals surface area contributed by atoms with Crippen LogP contribution in [0.1, 0.15) is 41.4 Å². The Morgan fingerprint density at radius 3 is 2.56 bits per heavy atom. The van der Waals surface area contributed by atoms with Crippen molar-refractivity contribution in [2.45, 2.75) is 36.9 Å². The molecule has 2 aliphatic carbocycles. The van der Waals surface area contributed by atoms with Gasteiger partial charge in [-0.05, 0) is 47.9 Å². The van der Waals surface area contributed by atoms with Gasteiger partial charge in [0.25, 0.3) is 0 Å². The molecule has 0 saturated heterocycles. The summed E-state index contributed by atoms with van der Waals surface area (Å²) >= 11 is 0. The summed E-state index contributed by atoms with van der Waals surface area (Å²) in [6.45, 7) is 0. The fourth-order valence-electron chi connectivity index (χ4n) is 3.13. The van der Waals surface area contributed by atoms with E-state index in [-0.39, 0.29) is 12.0 Å². The van der Waals surface area contributed by atoms with E-state index in [0.717, 1.165) is 24.0 Å². The minimum Gasteiger partial charge on any atom is -0.327 e. The molecular formula is C12H12F3N. The van der Waals surface area contributed by atoms with Gasteiger partial charge in [-0.3, -0.25) is 0 Å². The van der Waals surface area contributed by atoms with E-state index in [2.05, 4.69) is 0 Å². The van der Waals surface area contributed by atoms with E-state index in [0.29, 0.717) is 5.92 Å². The van der Waals surface area contributed by atoms with Crippen LogP contribution in [0, 0.1) is 0 Å². The van der Waals surface area contributed by atoms with Crippen LogP contribution in [-0.4, -0.2) is 6.04 Å². The molecule has 1 fully saturated rings. The van der Waals surface area contributed by atoms with Crippen LogP contribution in [0.25, 0.3) is 0 Å². The number of nitrogens with two attached hydrogens (primary N) is 1. The van der Waals surface area contributed by atoms with Crippen LogP contribution in [0.3, 0.4) is 0 Å². The van der Waals surface area contributed by atoms with Gasteiger partial charge in [0.2, 0.25) is 0 Å². The maximum Gasteiger partial charge on any atom is 0.416 e. The predicted molar refractivity (Wildman–Crippen MR) is 54.1 cm³/mol. The average Bonchev–Trinajstić information content (AvgIpc) is 2.73. The first-order chi connectivity index (χ1) is 7.47. The van der Waals surface area contributed by atoms with Gasteiger partial charge in [-0.15, -0.1) is 0 Å². The summed E-state index contributed by atoms with van der Waals surface area (Å²) in [6.07, 6.45) is -2.40. The Morgan fingerprint density at radius 1 is 1.12 bits per heavy atom. The first-order valence-electron chi connectivity index (χ1n) is 5.43. The van der Waals surface area contributed by atoms with E-state index in [1.54, 1.807) is 6.07 Å². The fraction of sp³-hybridized carbons (Fsp3) is 0.500. The molecule has 0 spiro atoms. The van der Waals surface area contributed by atoms with Crippen LogP contribution in [0.2, 0.25) is 0 Å². The van der Waals surface area contributed by atoms with Gasteiger partial charge in [0.15, 0.2) is 0 Å². The molecule has 0 aliphatic heterocycles. The Kier molecular flexibility index (Phi) is 1.90. The molecule has 0 unspecified atom stereocenters. The van der Waals surface area contributed by atoms with Gasteiger partial charge in [0.05, 0.1) is 5.56 Å². The molecule has 4 heteroatoms. The van der Waals surface area contributed by atoms with E-state index in [4.69, 9.17) is 5.73 Å². The zero-order valence-electron chi connectivity index (χ0n) is 8.59. The van der Waals surface area contributed by atoms with Gasteiger partial charge in [-0.1, -0.05) is 6.07 Å². The van der Waals surface area contributed by atoms with E-state index >= 15 is 0 Å². The van der Waals surface area contributed by atoms with Gasteiger partial charge in [0.1, 0.15) is 0 Å². The second-order valence-electron chi connectivity index (χ2n) is 4.78. The number of hydrogen-bond donors (Lipinski definition) is 1. The summed E-state index contributed by atoms with van der Waals surface area (Å²) < 4.78 is 37.7. The monoisotopic (exact) mass is 227 g/mol. The second-order valence-corrected chi connectivity index (χ2v) is 4.78. The van der Waals surface area contributed by atoms with Gasteiger partial charge >= 0.3 is 6.18 Å². The minimum atomic E-state index is -4.25. The summed E-state index contributed by atoms with van der Waals surface area (Å²) in [4.78, 5) is 0. The van der Waals surface area contributed by atoms with Crippen LogP contribution in [-0.2, 0) is 6.18 Å². The summed E-state index contributed by atoms with van der Waals surface area (Å²) in [6, 6.07) is 4.15. The molecule has 86 valence electrons. The summed E-state index contributed by atoms with van der Waals surface area (Å²) in [5.74, 6) is 0.527. The van der Waals surface area contributed by atoms with E-state index in [1.807, 2.05) is 0 Å². The zero-order chi connectivity index (χ0) is 11.5. The lowest BCUT2D eigenvalue weighted by Crippen LogP contribution is -2.25. The number of rotatable bonds is 0. The van der Waals surface area contributed by atoms with E-state index in [9.17, 15) is 13.2 Å². The molecule has 2 bridgehead atoms. The number of alkyl halides is 3. The van der Waals surface area contributed by atoms with Crippen molar-refractivity contribution < 1.29 is 13.2 Å². The SMILES string of the molecule is N[C@@H]1C[C@H]2C[C@@H]1c1cc(C(F)(F)F)ccc12. The number of halogens is 3. The van der Waals surface area contributed by atoms with E-state index < -0.39 is 11.7 Å². The molecule has 3 atom stereocenters. The van der Waals surface area contributed by atoms with Crippen LogP contribution in [0.4, 0.5) is 13.2 Å². The normalized spacial score (nSPS) is 31.9. The maximum absolute atomic E-state index is 12.6. The van der Waals surface area contributed by atoms with Crippen LogP contribution in [0.15, 0.2) is 18.2 Å². The minimum absolute atomic E-state index is 0.0426. The summed E-state index contributed by atoms with van der Waals surface area (Å²) in [7, 11) is 0. The molecule has 1 saturated carbocycles. The molecule has 16 heavy (non-hydrogen) atoms. The quantitative estimate of drug-likeness (QED) is 0.724. The largest absolute Gasteiger partial charge is 0.416 e. The Bertz CT molecular complexity index is 438. The highest BCUT2D eigenvalue weighted by Crippen LogP contribution is 2.53. The molecule has 1 aromatic carbocycles. The van der Waals surface area contributed by atoms with Crippen molar-refractivity contribution in [2.75, 3.05) is 0 Å². The van der Waals surface area contributed by atoms with Crippen molar-refractivity contribution in [3.05, 3.63) is 34.9 Å². The first kappa shape index (κ1) is 10.1. The highest BCUT2D eigenvalue weighted by atomic mass is 19.4. The van der Waals surface area contributed by atoms with E-state index in [1.165, 1.54) is 12.1 Å². The van der Waals surface area contributed by atoms with Crippen molar-refractivity contribution in [3.8, 4) is 0 Å². The highest BCUT2D eigenvalue weighted by molar-refractivity contribution is 5.45. The standard InChI is InChI=1S/C12H12F3N/c13-12(14,15)7-1-2-8-6-3-10(9(8)5-7)11(16)4-6/h1-2,5-6,10-11H,3-4,16H2/t6-,10-,11-/m1/s1. The molecule has 1 nitrogen and oxygen atoms in total. The van der Waals surface area contributed by atoms with Crippen LogP contribution >= 0.6 is 0 Å². The Balaban J connectivity index is 2.08. The maximum atomic E-state index is 12.6. The van der Waals surface area contributed by atoms with Gasteiger partial charge in [0, 0.05) is 6.04 Å². The first-order valence-corrected chi connectivity index (χ1v) is 5.43. The molecule has 0 aromatic heterocycles. The molecule has 0 radical (unpaired) electrons.